The summed E-state index contributed by atoms with van der Waals surface area (Å²) in [6.07, 6.45) is 0.793. The van der Waals surface area contributed by atoms with E-state index in [0.717, 1.165) is 24.1 Å². The topological polar surface area (TPSA) is 12.0 Å². The third-order valence-corrected chi connectivity index (χ3v) is 2.37. The number of halogens is 1. The monoisotopic (exact) mass is 207 g/mol. The molecule has 0 fully saturated rings. The highest BCUT2D eigenvalue weighted by molar-refractivity contribution is 5.20. The molecular weight excluding hydrogens is 189 g/mol. The largest absolute Gasteiger partial charge is 0.310 e. The van der Waals surface area contributed by atoms with E-state index in [4.69, 9.17) is 0 Å². The van der Waals surface area contributed by atoms with Crippen LogP contribution in [0, 0.1) is 5.82 Å². The maximum atomic E-state index is 13.0. The van der Waals surface area contributed by atoms with Gasteiger partial charge in [0.15, 0.2) is 0 Å². The van der Waals surface area contributed by atoms with E-state index in [1.54, 1.807) is 12.1 Å². The molecule has 1 rings (SSSR count). The van der Waals surface area contributed by atoms with Crippen LogP contribution in [0.1, 0.15) is 19.4 Å². The first-order chi connectivity index (χ1) is 7.13. The first-order valence-corrected chi connectivity index (χ1v) is 5.26. The molecule has 0 aliphatic carbocycles. The van der Waals surface area contributed by atoms with Crippen LogP contribution in [0.4, 0.5) is 4.39 Å². The molecule has 1 nitrogen and oxygen atoms in total. The summed E-state index contributed by atoms with van der Waals surface area (Å²) >= 11 is 0. The lowest BCUT2D eigenvalue weighted by molar-refractivity contribution is 0.582. The van der Waals surface area contributed by atoms with Gasteiger partial charge < -0.3 is 5.32 Å². The molecule has 2 heteroatoms. The lowest BCUT2D eigenvalue weighted by Gasteiger charge is -2.17. The Labute approximate surface area is 91.0 Å². The molecule has 0 aliphatic rings. The number of rotatable bonds is 5. The average molecular weight is 207 g/mol. The van der Waals surface area contributed by atoms with Crippen molar-refractivity contribution in [2.45, 2.75) is 26.3 Å². The maximum Gasteiger partial charge on any atom is 0.123 e. The molecule has 0 saturated heterocycles. The van der Waals surface area contributed by atoms with Gasteiger partial charge in [-0.1, -0.05) is 31.2 Å². The smallest absolute Gasteiger partial charge is 0.123 e. The SMILES string of the molecule is C=C(C)C(Cc1cccc(F)c1)NCC. The van der Waals surface area contributed by atoms with Crippen LogP contribution in [-0.2, 0) is 6.42 Å². The molecule has 1 unspecified atom stereocenters. The molecular formula is C13H18FN. The van der Waals surface area contributed by atoms with Gasteiger partial charge in [-0.3, -0.25) is 0 Å². The van der Waals surface area contributed by atoms with Crippen LogP contribution in [0.2, 0.25) is 0 Å². The highest BCUT2D eigenvalue weighted by Gasteiger charge is 2.08. The van der Waals surface area contributed by atoms with E-state index < -0.39 is 0 Å². The van der Waals surface area contributed by atoms with Crippen LogP contribution in [-0.4, -0.2) is 12.6 Å². The molecule has 0 saturated carbocycles. The summed E-state index contributed by atoms with van der Waals surface area (Å²) in [4.78, 5) is 0. The maximum absolute atomic E-state index is 13.0. The summed E-state index contributed by atoms with van der Waals surface area (Å²) in [5.41, 5.74) is 2.09. The normalized spacial score (nSPS) is 12.5. The molecule has 1 atom stereocenters. The molecule has 0 aliphatic heterocycles. The van der Waals surface area contributed by atoms with Crippen molar-refractivity contribution >= 4 is 0 Å². The second-order valence-electron chi connectivity index (χ2n) is 3.79. The Hall–Kier alpha value is -1.15. The van der Waals surface area contributed by atoms with E-state index in [2.05, 4.69) is 18.8 Å². The fraction of sp³-hybridized carbons (Fsp3) is 0.385. The molecule has 1 N–H and O–H groups in total. The van der Waals surface area contributed by atoms with Crippen molar-refractivity contribution in [1.82, 2.24) is 5.32 Å². The van der Waals surface area contributed by atoms with Crippen molar-refractivity contribution in [3.63, 3.8) is 0 Å². The summed E-state index contributed by atoms with van der Waals surface area (Å²) < 4.78 is 13.0. The number of benzene rings is 1. The van der Waals surface area contributed by atoms with Gasteiger partial charge in [-0.15, -0.1) is 0 Å². The van der Waals surface area contributed by atoms with Crippen LogP contribution in [0.5, 0.6) is 0 Å². The van der Waals surface area contributed by atoms with Gasteiger partial charge in [0.25, 0.3) is 0 Å². The minimum Gasteiger partial charge on any atom is -0.310 e. The lowest BCUT2D eigenvalue weighted by Crippen LogP contribution is -2.31. The predicted octanol–water partition coefficient (Wildman–Crippen LogP) is 2.92. The number of hydrogen-bond donors (Lipinski definition) is 1. The fourth-order valence-electron chi connectivity index (χ4n) is 1.57. The molecule has 0 aromatic heterocycles. The predicted molar refractivity (Wildman–Crippen MR) is 62.4 cm³/mol. The molecule has 0 amide bonds. The van der Waals surface area contributed by atoms with E-state index in [9.17, 15) is 4.39 Å². The minimum atomic E-state index is -0.176. The third kappa shape index (κ3) is 3.84. The van der Waals surface area contributed by atoms with E-state index >= 15 is 0 Å². The molecule has 1 aromatic carbocycles. The first-order valence-electron chi connectivity index (χ1n) is 5.26. The first kappa shape index (κ1) is 11.9. The van der Waals surface area contributed by atoms with Gasteiger partial charge in [0, 0.05) is 6.04 Å². The lowest BCUT2D eigenvalue weighted by atomic mass is 10.0. The number of likely N-dealkylation sites (N-methyl/N-ethyl adjacent to an activating group) is 1. The average Bonchev–Trinajstić information content (AvgIpc) is 2.17. The van der Waals surface area contributed by atoms with Crippen LogP contribution in [0.3, 0.4) is 0 Å². The van der Waals surface area contributed by atoms with Gasteiger partial charge >= 0.3 is 0 Å². The zero-order valence-corrected chi connectivity index (χ0v) is 9.39. The van der Waals surface area contributed by atoms with Crippen molar-refractivity contribution in [3.8, 4) is 0 Å². The van der Waals surface area contributed by atoms with Crippen LogP contribution >= 0.6 is 0 Å². The molecule has 1 aromatic rings. The zero-order valence-electron chi connectivity index (χ0n) is 9.39. The van der Waals surface area contributed by atoms with Crippen LogP contribution in [0.15, 0.2) is 36.4 Å². The Bertz CT molecular complexity index is 333. The third-order valence-electron chi connectivity index (χ3n) is 2.37. The van der Waals surface area contributed by atoms with Crippen molar-refractivity contribution in [1.29, 1.82) is 0 Å². The quantitative estimate of drug-likeness (QED) is 0.732. The van der Waals surface area contributed by atoms with E-state index in [0.29, 0.717) is 0 Å². The van der Waals surface area contributed by atoms with E-state index in [-0.39, 0.29) is 11.9 Å². The van der Waals surface area contributed by atoms with Gasteiger partial charge in [0.1, 0.15) is 5.82 Å². The van der Waals surface area contributed by atoms with Crippen molar-refractivity contribution in [3.05, 3.63) is 47.8 Å². The summed E-state index contributed by atoms with van der Waals surface area (Å²) in [6, 6.07) is 6.96. The van der Waals surface area contributed by atoms with Crippen LogP contribution < -0.4 is 5.32 Å². The standard InChI is InChI=1S/C13H18FN/c1-4-15-13(10(2)3)9-11-6-5-7-12(14)8-11/h5-8,13,15H,2,4,9H2,1,3H3. The van der Waals surface area contributed by atoms with Crippen molar-refractivity contribution in [2.24, 2.45) is 0 Å². The minimum absolute atomic E-state index is 0.176. The summed E-state index contributed by atoms with van der Waals surface area (Å²) in [6.45, 7) is 8.88. The molecule has 82 valence electrons. The number of nitrogens with one attached hydrogen (secondary N) is 1. The van der Waals surface area contributed by atoms with Gasteiger partial charge in [-0.05, 0) is 37.6 Å². The second-order valence-corrected chi connectivity index (χ2v) is 3.79. The van der Waals surface area contributed by atoms with E-state index in [1.165, 1.54) is 6.07 Å². The summed E-state index contributed by atoms with van der Waals surface area (Å²) in [7, 11) is 0. The molecule has 0 bridgehead atoms. The van der Waals surface area contributed by atoms with Gasteiger partial charge in [0.05, 0.1) is 0 Å². The van der Waals surface area contributed by atoms with Gasteiger partial charge in [-0.25, -0.2) is 4.39 Å². The highest BCUT2D eigenvalue weighted by Crippen LogP contribution is 2.10. The van der Waals surface area contributed by atoms with Gasteiger partial charge in [-0.2, -0.15) is 0 Å². The summed E-state index contributed by atoms with van der Waals surface area (Å²) in [5.74, 6) is -0.176. The van der Waals surface area contributed by atoms with Crippen LogP contribution in [0.25, 0.3) is 0 Å². The Morgan fingerprint density at radius 3 is 2.80 bits per heavy atom. The molecule has 0 radical (unpaired) electrons. The Kier molecular flexibility index (Phi) is 4.50. The molecule has 15 heavy (non-hydrogen) atoms. The van der Waals surface area contributed by atoms with Gasteiger partial charge in [0.2, 0.25) is 0 Å². The Balaban J connectivity index is 2.69. The second kappa shape index (κ2) is 5.66. The van der Waals surface area contributed by atoms with E-state index in [1.807, 2.05) is 13.0 Å². The zero-order chi connectivity index (χ0) is 11.3. The Morgan fingerprint density at radius 1 is 1.53 bits per heavy atom. The highest BCUT2D eigenvalue weighted by atomic mass is 19.1. The molecule has 0 heterocycles. The van der Waals surface area contributed by atoms with Crippen molar-refractivity contribution in [2.75, 3.05) is 6.54 Å². The fourth-order valence-corrected chi connectivity index (χ4v) is 1.57. The molecule has 0 spiro atoms. The Morgan fingerprint density at radius 2 is 2.27 bits per heavy atom. The van der Waals surface area contributed by atoms with Crippen molar-refractivity contribution < 1.29 is 4.39 Å². The summed E-state index contributed by atoms with van der Waals surface area (Å²) in [5, 5.41) is 3.33. The number of hydrogen-bond acceptors (Lipinski definition) is 1.